The maximum absolute atomic E-state index is 12.4. The van der Waals surface area contributed by atoms with Crippen molar-refractivity contribution in [2.24, 2.45) is 0 Å². The number of hydrogen-bond donors (Lipinski definition) is 0. The molecule has 1 aliphatic heterocycles. The Morgan fingerprint density at radius 3 is 2.68 bits per heavy atom. The van der Waals surface area contributed by atoms with Crippen molar-refractivity contribution >= 4 is 5.78 Å². The van der Waals surface area contributed by atoms with E-state index in [0.29, 0.717) is 18.8 Å². The molecule has 1 aromatic heterocycles. The molecule has 5 nitrogen and oxygen atoms in total. The zero-order valence-corrected chi connectivity index (χ0v) is 9.94. The summed E-state index contributed by atoms with van der Waals surface area (Å²) in [5.41, 5.74) is 0. The van der Waals surface area contributed by atoms with Crippen LogP contribution < -0.4 is 0 Å². The van der Waals surface area contributed by atoms with Gasteiger partial charge in [0.15, 0.2) is 11.7 Å². The van der Waals surface area contributed by atoms with Crippen LogP contribution in [0, 0.1) is 11.3 Å². The first-order valence-electron chi connectivity index (χ1n) is 5.87. The van der Waals surface area contributed by atoms with Crippen LogP contribution in [0.25, 0.3) is 0 Å². The molecule has 19 heavy (non-hydrogen) atoms. The van der Waals surface area contributed by atoms with Crippen LogP contribution in [0.15, 0.2) is 0 Å². The molecule has 0 bridgehead atoms. The second kappa shape index (κ2) is 4.99. The van der Waals surface area contributed by atoms with Gasteiger partial charge in [0.05, 0.1) is 6.07 Å². The summed E-state index contributed by atoms with van der Waals surface area (Å²) in [6.07, 6.45) is -1.85. The maximum Gasteiger partial charge on any atom is 0.451 e. The highest BCUT2D eigenvalue weighted by atomic mass is 19.4. The first kappa shape index (κ1) is 13.5. The third kappa shape index (κ3) is 2.59. The SMILES string of the molecule is N#C[C@@H](C(=O)C(F)(F)F)c1nnc2n1CCCCC2. The second-order valence-corrected chi connectivity index (χ2v) is 4.36. The minimum atomic E-state index is -5.04. The number of fused-ring (bicyclic) bond motifs is 1. The van der Waals surface area contributed by atoms with Gasteiger partial charge in [-0.3, -0.25) is 4.79 Å². The van der Waals surface area contributed by atoms with Crippen molar-refractivity contribution in [1.29, 1.82) is 5.26 Å². The molecule has 0 unspecified atom stereocenters. The van der Waals surface area contributed by atoms with Crippen molar-refractivity contribution in [3.63, 3.8) is 0 Å². The molecule has 1 aliphatic rings. The Bertz CT molecular complexity index is 529. The Morgan fingerprint density at radius 1 is 1.32 bits per heavy atom. The van der Waals surface area contributed by atoms with E-state index in [1.54, 1.807) is 0 Å². The quantitative estimate of drug-likeness (QED) is 0.822. The smallest absolute Gasteiger partial charge is 0.313 e. The van der Waals surface area contributed by atoms with Gasteiger partial charge in [0.25, 0.3) is 5.78 Å². The summed E-state index contributed by atoms with van der Waals surface area (Å²) in [7, 11) is 0. The van der Waals surface area contributed by atoms with Crippen molar-refractivity contribution in [2.45, 2.75) is 44.3 Å². The summed E-state index contributed by atoms with van der Waals surface area (Å²) in [5.74, 6) is -3.67. The van der Waals surface area contributed by atoms with Gasteiger partial charge in [-0.15, -0.1) is 10.2 Å². The first-order chi connectivity index (χ1) is 8.95. The molecule has 2 rings (SSSR count). The normalized spacial score (nSPS) is 17.2. The monoisotopic (exact) mass is 272 g/mol. The van der Waals surface area contributed by atoms with E-state index in [2.05, 4.69) is 10.2 Å². The van der Waals surface area contributed by atoms with Crippen LogP contribution in [0.2, 0.25) is 0 Å². The summed E-state index contributed by atoms with van der Waals surface area (Å²) in [6, 6.07) is 1.39. The minimum absolute atomic E-state index is 0.193. The number of rotatable bonds is 2. The van der Waals surface area contributed by atoms with Crippen LogP contribution in [-0.4, -0.2) is 26.7 Å². The molecule has 0 saturated carbocycles. The molecule has 0 N–H and O–H groups in total. The lowest BCUT2D eigenvalue weighted by Gasteiger charge is -2.12. The maximum atomic E-state index is 12.4. The van der Waals surface area contributed by atoms with Gasteiger partial charge in [-0.05, 0) is 12.8 Å². The van der Waals surface area contributed by atoms with Crippen LogP contribution in [0.4, 0.5) is 13.2 Å². The average molecular weight is 272 g/mol. The molecule has 0 fully saturated rings. The Morgan fingerprint density at radius 2 is 2.05 bits per heavy atom. The van der Waals surface area contributed by atoms with Gasteiger partial charge >= 0.3 is 6.18 Å². The Hall–Kier alpha value is -1.91. The van der Waals surface area contributed by atoms with E-state index in [1.165, 1.54) is 10.6 Å². The summed E-state index contributed by atoms with van der Waals surface area (Å²) in [4.78, 5) is 11.2. The van der Waals surface area contributed by atoms with Gasteiger partial charge in [0.2, 0.25) is 0 Å². The number of ketones is 1. The molecule has 1 aromatic rings. The topological polar surface area (TPSA) is 71.6 Å². The number of Topliss-reactive ketones (excluding diaryl/α,β-unsaturated/α-hetero) is 1. The molecule has 0 aliphatic carbocycles. The van der Waals surface area contributed by atoms with Gasteiger partial charge in [0.1, 0.15) is 5.82 Å². The summed E-state index contributed by atoms with van der Waals surface area (Å²) >= 11 is 0. The Labute approximate surface area is 107 Å². The highest BCUT2D eigenvalue weighted by Gasteiger charge is 2.46. The van der Waals surface area contributed by atoms with E-state index in [1.807, 2.05) is 0 Å². The molecule has 0 amide bonds. The van der Waals surface area contributed by atoms with Gasteiger partial charge in [0, 0.05) is 13.0 Å². The molecule has 0 saturated heterocycles. The van der Waals surface area contributed by atoms with E-state index in [0.717, 1.165) is 19.3 Å². The summed E-state index contributed by atoms with van der Waals surface area (Å²) in [5, 5.41) is 16.3. The fourth-order valence-electron chi connectivity index (χ4n) is 2.12. The van der Waals surface area contributed by atoms with Crippen molar-refractivity contribution in [3.05, 3.63) is 11.6 Å². The van der Waals surface area contributed by atoms with Gasteiger partial charge in [-0.1, -0.05) is 6.42 Å². The summed E-state index contributed by atoms with van der Waals surface area (Å²) < 4.78 is 38.8. The van der Waals surface area contributed by atoms with Crippen molar-refractivity contribution in [3.8, 4) is 6.07 Å². The van der Waals surface area contributed by atoms with Crippen molar-refractivity contribution in [1.82, 2.24) is 14.8 Å². The van der Waals surface area contributed by atoms with Crippen LogP contribution in [0.1, 0.15) is 36.8 Å². The molecule has 1 atom stereocenters. The van der Waals surface area contributed by atoms with Gasteiger partial charge in [-0.25, -0.2) is 0 Å². The number of hydrogen-bond acceptors (Lipinski definition) is 4. The Kier molecular flexibility index (Phi) is 3.55. The van der Waals surface area contributed by atoms with E-state index >= 15 is 0 Å². The summed E-state index contributed by atoms with van der Waals surface area (Å²) in [6.45, 7) is 0.445. The lowest BCUT2D eigenvalue weighted by atomic mass is 10.0. The van der Waals surface area contributed by atoms with E-state index in [4.69, 9.17) is 5.26 Å². The van der Waals surface area contributed by atoms with E-state index < -0.39 is 17.9 Å². The number of carbonyl (C=O) groups excluding carboxylic acids is 1. The predicted octanol–water partition coefficient (Wildman–Crippen LogP) is 1.74. The minimum Gasteiger partial charge on any atom is -0.313 e. The molecule has 0 radical (unpaired) electrons. The molecule has 0 aromatic carbocycles. The predicted molar refractivity (Wildman–Crippen MR) is 57.0 cm³/mol. The molecule has 2 heterocycles. The number of aryl methyl sites for hydroxylation is 1. The van der Waals surface area contributed by atoms with Gasteiger partial charge < -0.3 is 4.57 Å². The van der Waals surface area contributed by atoms with Crippen LogP contribution in [-0.2, 0) is 17.8 Å². The highest BCUT2D eigenvalue weighted by Crippen LogP contribution is 2.28. The lowest BCUT2D eigenvalue weighted by Crippen LogP contribution is -2.30. The molecular formula is C11H11F3N4O. The molecule has 0 spiro atoms. The third-order valence-corrected chi connectivity index (χ3v) is 3.07. The molecular weight excluding hydrogens is 261 g/mol. The first-order valence-corrected chi connectivity index (χ1v) is 5.87. The molecule has 8 heteroatoms. The lowest BCUT2D eigenvalue weighted by molar-refractivity contribution is -0.171. The van der Waals surface area contributed by atoms with Crippen molar-refractivity contribution < 1.29 is 18.0 Å². The number of alkyl halides is 3. The molecule has 102 valence electrons. The number of halogens is 3. The number of carbonyl (C=O) groups is 1. The second-order valence-electron chi connectivity index (χ2n) is 4.36. The fourth-order valence-corrected chi connectivity index (χ4v) is 2.12. The zero-order chi connectivity index (χ0) is 14.0. The van der Waals surface area contributed by atoms with E-state index in [9.17, 15) is 18.0 Å². The van der Waals surface area contributed by atoms with E-state index in [-0.39, 0.29) is 5.82 Å². The number of nitrogens with zero attached hydrogens (tertiary/aromatic N) is 4. The standard InChI is InChI=1S/C11H11F3N4O/c12-11(13,14)9(19)7(6-15)10-17-16-8-4-2-1-3-5-18(8)10/h7H,1-5H2/t7-/m0/s1. The van der Waals surface area contributed by atoms with Crippen molar-refractivity contribution in [2.75, 3.05) is 0 Å². The van der Waals surface area contributed by atoms with Gasteiger partial charge in [-0.2, -0.15) is 18.4 Å². The largest absolute Gasteiger partial charge is 0.451 e. The fraction of sp³-hybridized carbons (Fsp3) is 0.636. The zero-order valence-electron chi connectivity index (χ0n) is 9.94. The third-order valence-electron chi connectivity index (χ3n) is 3.07. The Balaban J connectivity index is 2.38. The number of nitriles is 1. The number of aromatic nitrogens is 3. The van der Waals surface area contributed by atoms with Crippen LogP contribution in [0.3, 0.4) is 0 Å². The van der Waals surface area contributed by atoms with Crippen LogP contribution in [0.5, 0.6) is 0 Å². The van der Waals surface area contributed by atoms with Crippen LogP contribution >= 0.6 is 0 Å². The average Bonchev–Trinajstić information content (AvgIpc) is 2.59. The highest BCUT2D eigenvalue weighted by molar-refractivity contribution is 5.92.